The van der Waals surface area contributed by atoms with Gasteiger partial charge in [-0.1, -0.05) is 23.7 Å². The van der Waals surface area contributed by atoms with Crippen molar-refractivity contribution in [2.75, 3.05) is 5.32 Å². The van der Waals surface area contributed by atoms with E-state index in [1.54, 1.807) is 0 Å². The summed E-state index contributed by atoms with van der Waals surface area (Å²) in [6.07, 6.45) is -5.25. The minimum Gasteiger partial charge on any atom is -0.430 e. The van der Waals surface area contributed by atoms with Crippen molar-refractivity contribution in [3.8, 4) is 0 Å². The number of esters is 1. The average Bonchev–Trinajstić information content (AvgIpc) is 2.82. The van der Waals surface area contributed by atoms with Crippen LogP contribution in [0.15, 0.2) is 42.5 Å². The third kappa shape index (κ3) is 2.62. The van der Waals surface area contributed by atoms with E-state index in [2.05, 4.69) is 4.74 Å². The minimum absolute atomic E-state index is 0.130. The van der Waals surface area contributed by atoms with Crippen LogP contribution in [0.5, 0.6) is 0 Å². The van der Waals surface area contributed by atoms with Crippen LogP contribution in [0.1, 0.15) is 15.9 Å². The van der Waals surface area contributed by atoms with Gasteiger partial charge < -0.3 is 10.1 Å². The number of benzene rings is 2. The van der Waals surface area contributed by atoms with E-state index in [4.69, 9.17) is 11.6 Å². The van der Waals surface area contributed by atoms with Crippen LogP contribution >= 0.6 is 11.6 Å². The van der Waals surface area contributed by atoms with Crippen molar-refractivity contribution >= 4 is 29.2 Å². The normalized spacial score (nSPS) is 19.3. The highest BCUT2D eigenvalue weighted by atomic mass is 35.5. The predicted octanol–water partition coefficient (Wildman–Crippen LogP) is 4.05. The van der Waals surface area contributed by atoms with Crippen molar-refractivity contribution in [2.45, 2.75) is 11.8 Å². The zero-order valence-corrected chi connectivity index (χ0v) is 12.9. The van der Waals surface area contributed by atoms with Gasteiger partial charge in [0.2, 0.25) is 0 Å². The molecule has 0 fully saturated rings. The van der Waals surface area contributed by atoms with Gasteiger partial charge in [0.05, 0.1) is 16.3 Å². The van der Waals surface area contributed by atoms with Crippen LogP contribution in [0.25, 0.3) is 0 Å². The van der Waals surface area contributed by atoms with Crippen molar-refractivity contribution < 1.29 is 31.9 Å². The molecule has 0 aliphatic carbocycles. The third-order valence-corrected chi connectivity index (χ3v) is 3.99. The van der Waals surface area contributed by atoms with Gasteiger partial charge in [-0.25, -0.2) is 9.18 Å². The smallest absolute Gasteiger partial charge is 0.430 e. The molecule has 25 heavy (non-hydrogen) atoms. The molecule has 1 aliphatic rings. The monoisotopic (exact) mass is 373 g/mol. The Kier molecular flexibility index (Phi) is 3.95. The Hall–Kier alpha value is -2.61. The molecule has 0 unspecified atom stereocenters. The molecule has 9 heteroatoms. The number of amides is 1. The van der Waals surface area contributed by atoms with Crippen molar-refractivity contribution in [1.29, 1.82) is 0 Å². The highest BCUT2D eigenvalue weighted by Gasteiger charge is 2.69. The molecule has 1 aliphatic heterocycles. The number of ether oxygens (including phenoxy) is 1. The van der Waals surface area contributed by atoms with E-state index in [-0.39, 0.29) is 16.3 Å². The molecule has 3 rings (SSSR count). The fraction of sp³-hybridized carbons (Fsp3) is 0.125. The summed E-state index contributed by atoms with van der Waals surface area (Å²) in [5.41, 5.74) is -4.78. The Morgan fingerprint density at radius 3 is 2.36 bits per heavy atom. The summed E-state index contributed by atoms with van der Waals surface area (Å²) in [6, 6.07) is 7.15. The van der Waals surface area contributed by atoms with E-state index in [1.807, 2.05) is 5.32 Å². The molecule has 0 saturated carbocycles. The van der Waals surface area contributed by atoms with Gasteiger partial charge in [-0.2, -0.15) is 13.2 Å². The summed E-state index contributed by atoms with van der Waals surface area (Å²) >= 11 is 5.82. The second-order valence-electron chi connectivity index (χ2n) is 5.19. The number of fused-ring (bicyclic) bond motifs is 1. The standard InChI is InChI=1S/C16H8ClF4NO3/c17-11-3-1-2-10-12(11)22-14(24)15(10,16(19,20)21)25-13(23)8-4-6-9(18)7-5-8/h1-7H,(H,22,24)/t15-/m0/s1. The van der Waals surface area contributed by atoms with E-state index in [0.29, 0.717) is 0 Å². The van der Waals surface area contributed by atoms with E-state index >= 15 is 0 Å². The average molecular weight is 374 g/mol. The number of halogens is 5. The highest BCUT2D eigenvalue weighted by Crippen LogP contribution is 2.51. The first-order chi connectivity index (χ1) is 11.7. The Morgan fingerprint density at radius 1 is 1.12 bits per heavy atom. The molecule has 1 N–H and O–H groups in total. The highest BCUT2D eigenvalue weighted by molar-refractivity contribution is 6.34. The molecule has 1 atom stereocenters. The van der Waals surface area contributed by atoms with Gasteiger partial charge in [-0.3, -0.25) is 4.79 Å². The molecule has 2 aromatic carbocycles. The quantitative estimate of drug-likeness (QED) is 0.638. The number of rotatable bonds is 2. The van der Waals surface area contributed by atoms with Gasteiger partial charge in [0.15, 0.2) is 0 Å². The van der Waals surface area contributed by atoms with Gasteiger partial charge in [0.25, 0.3) is 5.91 Å². The lowest BCUT2D eigenvalue weighted by atomic mass is 9.94. The molecule has 0 spiro atoms. The van der Waals surface area contributed by atoms with Crippen LogP contribution in [0.3, 0.4) is 0 Å². The molecule has 1 amide bonds. The molecular weight excluding hydrogens is 366 g/mol. The van der Waals surface area contributed by atoms with Crippen molar-refractivity contribution in [2.24, 2.45) is 0 Å². The van der Waals surface area contributed by atoms with Gasteiger partial charge >= 0.3 is 17.7 Å². The SMILES string of the molecule is O=C(O[C@]1(C(F)(F)F)C(=O)Nc2c(Cl)cccc21)c1ccc(F)cc1. The first kappa shape index (κ1) is 17.2. The van der Waals surface area contributed by atoms with Crippen molar-refractivity contribution in [3.05, 3.63) is 64.4 Å². The molecular formula is C16H8ClF4NO3. The first-order valence-electron chi connectivity index (χ1n) is 6.83. The zero-order valence-electron chi connectivity index (χ0n) is 12.2. The molecule has 4 nitrogen and oxygen atoms in total. The number of hydrogen-bond donors (Lipinski definition) is 1. The lowest BCUT2D eigenvalue weighted by Gasteiger charge is -2.29. The van der Waals surface area contributed by atoms with Crippen molar-refractivity contribution in [3.63, 3.8) is 0 Å². The maximum atomic E-state index is 13.8. The molecule has 0 bridgehead atoms. The number of hydrogen-bond acceptors (Lipinski definition) is 3. The van der Waals surface area contributed by atoms with Gasteiger partial charge in [0.1, 0.15) is 5.82 Å². The number of carbonyl (C=O) groups is 2. The predicted molar refractivity (Wildman–Crippen MR) is 79.6 cm³/mol. The van der Waals surface area contributed by atoms with Gasteiger partial charge in [-0.15, -0.1) is 0 Å². The van der Waals surface area contributed by atoms with Crippen LogP contribution in [0, 0.1) is 5.82 Å². The lowest BCUT2D eigenvalue weighted by Crippen LogP contribution is -2.51. The van der Waals surface area contributed by atoms with Crippen LogP contribution in [-0.4, -0.2) is 18.1 Å². The number of nitrogens with one attached hydrogen (secondary N) is 1. The van der Waals surface area contributed by atoms with Crippen LogP contribution < -0.4 is 5.32 Å². The Morgan fingerprint density at radius 2 is 1.76 bits per heavy atom. The first-order valence-corrected chi connectivity index (χ1v) is 7.20. The Bertz CT molecular complexity index is 867. The van der Waals surface area contributed by atoms with Crippen LogP contribution in [0.2, 0.25) is 5.02 Å². The Balaban J connectivity index is 2.11. The van der Waals surface area contributed by atoms with Gasteiger partial charge in [-0.05, 0) is 30.3 Å². The second-order valence-corrected chi connectivity index (χ2v) is 5.60. The minimum atomic E-state index is -5.25. The van der Waals surface area contributed by atoms with E-state index < -0.39 is 35.0 Å². The number of carbonyl (C=O) groups excluding carboxylic acids is 2. The largest absolute Gasteiger partial charge is 0.442 e. The van der Waals surface area contributed by atoms with Crippen molar-refractivity contribution in [1.82, 2.24) is 0 Å². The summed E-state index contributed by atoms with van der Waals surface area (Å²) in [7, 11) is 0. The summed E-state index contributed by atoms with van der Waals surface area (Å²) in [4.78, 5) is 24.3. The molecule has 2 aromatic rings. The second kappa shape index (κ2) is 5.73. The summed E-state index contributed by atoms with van der Waals surface area (Å²) < 4.78 is 58.9. The third-order valence-electron chi connectivity index (χ3n) is 3.68. The van der Waals surface area contributed by atoms with E-state index in [0.717, 1.165) is 30.3 Å². The zero-order chi connectivity index (χ0) is 18.4. The topological polar surface area (TPSA) is 55.4 Å². The molecule has 0 radical (unpaired) electrons. The number of anilines is 1. The summed E-state index contributed by atoms with van der Waals surface area (Å²) in [6.45, 7) is 0. The van der Waals surface area contributed by atoms with Crippen LogP contribution in [0.4, 0.5) is 23.2 Å². The summed E-state index contributed by atoms with van der Waals surface area (Å²) in [5, 5.41) is 1.87. The van der Waals surface area contributed by atoms with E-state index in [9.17, 15) is 27.2 Å². The lowest BCUT2D eigenvalue weighted by molar-refractivity contribution is -0.251. The molecule has 0 aromatic heterocycles. The molecule has 0 saturated heterocycles. The maximum Gasteiger partial charge on any atom is 0.442 e. The fourth-order valence-electron chi connectivity index (χ4n) is 2.49. The fourth-order valence-corrected chi connectivity index (χ4v) is 2.71. The van der Waals surface area contributed by atoms with Gasteiger partial charge in [0, 0.05) is 5.56 Å². The Labute approximate surface area is 143 Å². The van der Waals surface area contributed by atoms with E-state index in [1.165, 1.54) is 12.1 Å². The van der Waals surface area contributed by atoms with Crippen LogP contribution in [-0.2, 0) is 15.1 Å². The molecule has 1 heterocycles. The summed E-state index contributed by atoms with van der Waals surface area (Å²) in [5.74, 6) is -3.70. The molecule has 130 valence electrons. The number of para-hydroxylation sites is 1. The number of alkyl halides is 3. The maximum absolute atomic E-state index is 13.8.